The lowest BCUT2D eigenvalue weighted by molar-refractivity contribution is 0.911. The fourth-order valence-corrected chi connectivity index (χ4v) is 5.35. The van der Waals surface area contributed by atoms with Crippen LogP contribution in [-0.2, 0) is 25.7 Å². The molecule has 1 heterocycles. The van der Waals surface area contributed by atoms with E-state index in [1.807, 2.05) is 11.3 Å². The highest BCUT2D eigenvalue weighted by Crippen LogP contribution is 2.41. The van der Waals surface area contributed by atoms with Crippen LogP contribution in [0.25, 0.3) is 0 Å². The Morgan fingerprint density at radius 1 is 0.895 bits per heavy atom. The Balaban J connectivity index is 1.67. The minimum Gasteiger partial charge on any atom is -0.144 e. The number of rotatable bonds is 2. The fourth-order valence-electron chi connectivity index (χ4n) is 3.39. The van der Waals surface area contributed by atoms with E-state index >= 15 is 0 Å². The molecule has 0 saturated carbocycles. The van der Waals surface area contributed by atoms with Crippen molar-refractivity contribution in [2.45, 2.75) is 43.4 Å². The molecule has 1 unspecified atom stereocenters. The summed E-state index contributed by atoms with van der Waals surface area (Å²) in [5.41, 5.74) is 6.18. The molecule has 0 radical (unpaired) electrons. The van der Waals surface area contributed by atoms with Crippen LogP contribution in [0.2, 0.25) is 0 Å². The average Bonchev–Trinajstić information content (AvgIpc) is 3.11. The summed E-state index contributed by atoms with van der Waals surface area (Å²) in [6.45, 7) is 0. The smallest absolute Gasteiger partial charge is 0.0738 e. The Labute approximate surface area is 127 Å². The number of halogens is 1. The summed E-state index contributed by atoms with van der Waals surface area (Å²) in [7, 11) is 0. The van der Waals surface area contributed by atoms with Crippen LogP contribution in [-0.4, -0.2) is 0 Å². The monoisotopic (exact) mass is 332 g/mol. The van der Waals surface area contributed by atoms with Crippen molar-refractivity contribution in [2.75, 3.05) is 0 Å². The average molecular weight is 333 g/mol. The van der Waals surface area contributed by atoms with Gasteiger partial charge in [-0.2, -0.15) is 0 Å². The van der Waals surface area contributed by atoms with Gasteiger partial charge in [-0.25, -0.2) is 0 Å². The van der Waals surface area contributed by atoms with Gasteiger partial charge in [0.05, 0.1) is 4.83 Å². The van der Waals surface area contributed by atoms with E-state index in [4.69, 9.17) is 0 Å². The van der Waals surface area contributed by atoms with Crippen molar-refractivity contribution in [2.24, 2.45) is 0 Å². The summed E-state index contributed by atoms with van der Waals surface area (Å²) in [6.07, 6.45) is 7.81. The van der Waals surface area contributed by atoms with Crippen molar-refractivity contribution in [3.05, 3.63) is 56.3 Å². The maximum Gasteiger partial charge on any atom is 0.0738 e. The molecule has 2 heteroatoms. The van der Waals surface area contributed by atoms with Gasteiger partial charge in [-0.15, -0.1) is 11.3 Å². The first-order valence-corrected chi connectivity index (χ1v) is 8.92. The molecule has 1 atom stereocenters. The fraction of sp³-hybridized carbons (Fsp3) is 0.412. The SMILES string of the molecule is BrC(c1ccc2c(c1)CCC2)c1cc2c(s1)CCC2. The summed E-state index contributed by atoms with van der Waals surface area (Å²) < 4.78 is 0. The number of hydrogen-bond acceptors (Lipinski definition) is 1. The summed E-state index contributed by atoms with van der Waals surface area (Å²) in [4.78, 5) is 3.50. The molecule has 2 aliphatic carbocycles. The molecule has 19 heavy (non-hydrogen) atoms. The van der Waals surface area contributed by atoms with Gasteiger partial charge in [0.25, 0.3) is 0 Å². The van der Waals surface area contributed by atoms with Gasteiger partial charge in [-0.3, -0.25) is 0 Å². The molecule has 2 aromatic rings. The third-order valence-corrected chi connectivity index (χ3v) is 7.06. The summed E-state index contributed by atoms with van der Waals surface area (Å²) >= 11 is 5.92. The maximum absolute atomic E-state index is 3.91. The second-order valence-corrected chi connectivity index (χ2v) is 7.78. The molecule has 0 amide bonds. The Morgan fingerprint density at radius 2 is 1.68 bits per heavy atom. The molecule has 1 aromatic heterocycles. The molecular weight excluding hydrogens is 316 g/mol. The van der Waals surface area contributed by atoms with Gasteiger partial charge in [0, 0.05) is 9.75 Å². The molecular formula is C17H17BrS. The zero-order chi connectivity index (χ0) is 12.8. The van der Waals surface area contributed by atoms with E-state index in [0.717, 1.165) is 0 Å². The molecule has 0 saturated heterocycles. The first kappa shape index (κ1) is 12.2. The van der Waals surface area contributed by atoms with Crippen LogP contribution >= 0.6 is 27.3 Å². The number of fused-ring (bicyclic) bond motifs is 2. The molecule has 1 aromatic carbocycles. The van der Waals surface area contributed by atoms with Crippen molar-refractivity contribution < 1.29 is 0 Å². The van der Waals surface area contributed by atoms with Gasteiger partial charge < -0.3 is 0 Å². The Bertz CT molecular complexity index is 605. The van der Waals surface area contributed by atoms with E-state index in [2.05, 4.69) is 40.2 Å². The molecule has 0 aliphatic heterocycles. The maximum atomic E-state index is 3.91. The second-order valence-electron chi connectivity index (χ2n) is 5.69. The van der Waals surface area contributed by atoms with E-state index in [-0.39, 0.29) is 0 Å². The molecule has 2 aliphatic rings. The Hall–Kier alpha value is -0.600. The van der Waals surface area contributed by atoms with Gasteiger partial charge in [0.2, 0.25) is 0 Å². The van der Waals surface area contributed by atoms with E-state index in [1.165, 1.54) is 49.0 Å². The van der Waals surface area contributed by atoms with E-state index in [0.29, 0.717) is 4.83 Å². The number of hydrogen-bond donors (Lipinski definition) is 0. The van der Waals surface area contributed by atoms with Crippen LogP contribution in [0.15, 0.2) is 24.3 Å². The van der Waals surface area contributed by atoms with Gasteiger partial charge >= 0.3 is 0 Å². The second kappa shape index (κ2) is 4.75. The van der Waals surface area contributed by atoms with Gasteiger partial charge in [0.1, 0.15) is 0 Å². The number of thiophene rings is 1. The first-order chi connectivity index (χ1) is 9.31. The van der Waals surface area contributed by atoms with Gasteiger partial charge in [-0.05, 0) is 66.8 Å². The Morgan fingerprint density at radius 3 is 2.58 bits per heavy atom. The van der Waals surface area contributed by atoms with Gasteiger partial charge in [0.15, 0.2) is 0 Å². The van der Waals surface area contributed by atoms with Crippen molar-refractivity contribution in [3.63, 3.8) is 0 Å². The standard InChI is InChI=1S/C17H17BrS/c18-17(16-10-13-5-2-6-15(13)19-16)14-8-7-11-3-1-4-12(11)9-14/h7-10,17H,1-6H2. The van der Waals surface area contributed by atoms with E-state index in [1.54, 1.807) is 21.6 Å². The number of alkyl halides is 1. The summed E-state index contributed by atoms with van der Waals surface area (Å²) in [5, 5.41) is 0. The molecule has 0 N–H and O–H groups in total. The minimum atomic E-state index is 0.383. The van der Waals surface area contributed by atoms with Crippen LogP contribution in [0.5, 0.6) is 0 Å². The summed E-state index contributed by atoms with van der Waals surface area (Å²) in [6, 6.07) is 9.51. The van der Waals surface area contributed by atoms with Crippen molar-refractivity contribution in [1.29, 1.82) is 0 Å². The molecule has 98 valence electrons. The highest BCUT2D eigenvalue weighted by molar-refractivity contribution is 9.09. The van der Waals surface area contributed by atoms with Crippen LogP contribution in [0.1, 0.15) is 49.7 Å². The largest absolute Gasteiger partial charge is 0.144 e. The number of aryl methyl sites for hydroxylation is 4. The third kappa shape index (κ3) is 2.09. The predicted octanol–water partition coefficient (Wildman–Crippen LogP) is 5.21. The van der Waals surface area contributed by atoms with Crippen LogP contribution < -0.4 is 0 Å². The molecule has 0 bridgehead atoms. The van der Waals surface area contributed by atoms with Gasteiger partial charge in [-0.1, -0.05) is 34.1 Å². The quantitative estimate of drug-likeness (QED) is 0.662. The number of benzene rings is 1. The van der Waals surface area contributed by atoms with Crippen molar-refractivity contribution in [3.8, 4) is 0 Å². The Kier molecular flexibility index (Phi) is 3.04. The summed E-state index contributed by atoms with van der Waals surface area (Å²) in [5.74, 6) is 0. The highest BCUT2D eigenvalue weighted by atomic mass is 79.9. The lowest BCUT2D eigenvalue weighted by Gasteiger charge is -2.10. The molecule has 4 rings (SSSR count). The van der Waals surface area contributed by atoms with Crippen LogP contribution in [0, 0.1) is 0 Å². The third-order valence-electron chi connectivity index (χ3n) is 4.43. The molecule has 0 nitrogen and oxygen atoms in total. The lowest BCUT2D eigenvalue weighted by Crippen LogP contribution is -1.92. The van der Waals surface area contributed by atoms with Crippen LogP contribution in [0.3, 0.4) is 0 Å². The first-order valence-electron chi connectivity index (χ1n) is 7.18. The zero-order valence-electron chi connectivity index (χ0n) is 10.9. The zero-order valence-corrected chi connectivity index (χ0v) is 13.3. The predicted molar refractivity (Wildman–Crippen MR) is 85.6 cm³/mol. The normalized spacial score (nSPS) is 18.4. The minimum absolute atomic E-state index is 0.383. The molecule has 0 fully saturated rings. The molecule has 0 spiro atoms. The topological polar surface area (TPSA) is 0 Å². The van der Waals surface area contributed by atoms with Crippen LogP contribution in [0.4, 0.5) is 0 Å². The van der Waals surface area contributed by atoms with E-state index in [9.17, 15) is 0 Å². The highest BCUT2D eigenvalue weighted by Gasteiger charge is 2.21. The van der Waals surface area contributed by atoms with Crippen molar-refractivity contribution >= 4 is 27.3 Å². The van der Waals surface area contributed by atoms with E-state index < -0.39 is 0 Å². The lowest BCUT2D eigenvalue weighted by atomic mass is 10.0. The van der Waals surface area contributed by atoms with Crippen molar-refractivity contribution in [1.82, 2.24) is 0 Å².